The Morgan fingerprint density at radius 1 is 1.03 bits per heavy atom. The second-order valence-electron chi connectivity index (χ2n) is 8.74. The van der Waals surface area contributed by atoms with Crippen LogP contribution in [-0.2, 0) is 32.3 Å². The number of halogens is 6. The van der Waals surface area contributed by atoms with Gasteiger partial charge in [-0.05, 0) is 50.6 Å². The Labute approximate surface area is 234 Å². The van der Waals surface area contributed by atoms with E-state index in [1.54, 1.807) is 26.8 Å². The highest BCUT2D eigenvalue weighted by Gasteiger charge is 2.36. The number of nitrogens with one attached hydrogen (secondary N) is 1. The Kier molecular flexibility index (Phi) is 10.7. The highest BCUT2D eigenvalue weighted by atomic mass is 35.5. The zero-order chi connectivity index (χ0) is 29.0. The minimum atomic E-state index is -4.87. The number of sulfonamides is 1. The van der Waals surface area contributed by atoms with Crippen LogP contribution in [0.4, 0.5) is 18.9 Å². The number of anilines is 1. The molecule has 0 aliphatic rings. The molecule has 0 fully saturated rings. The van der Waals surface area contributed by atoms with Crippen molar-refractivity contribution in [3.8, 4) is 0 Å². The third kappa shape index (κ3) is 8.14. The summed E-state index contributed by atoms with van der Waals surface area (Å²) < 4.78 is 66.1. The molecule has 0 heterocycles. The van der Waals surface area contributed by atoms with Gasteiger partial charge in [0.1, 0.15) is 12.6 Å². The Morgan fingerprint density at radius 3 is 2.08 bits per heavy atom. The molecule has 2 amide bonds. The lowest BCUT2D eigenvalue weighted by Gasteiger charge is -2.33. The van der Waals surface area contributed by atoms with Crippen LogP contribution in [0.15, 0.2) is 36.4 Å². The molecule has 0 saturated heterocycles. The fourth-order valence-electron chi connectivity index (χ4n) is 3.65. The average Bonchev–Trinajstić information content (AvgIpc) is 2.77. The Bertz CT molecular complexity index is 1270. The number of alkyl halides is 3. The molecule has 0 aliphatic heterocycles. The first-order valence-electron chi connectivity index (χ1n) is 11.3. The highest BCUT2D eigenvalue weighted by Crippen LogP contribution is 2.37. The lowest BCUT2D eigenvalue weighted by molar-refractivity contribution is -0.140. The van der Waals surface area contributed by atoms with Gasteiger partial charge in [-0.1, -0.05) is 47.8 Å². The Balaban J connectivity index is 2.58. The second kappa shape index (κ2) is 12.8. The van der Waals surface area contributed by atoms with E-state index in [4.69, 9.17) is 34.8 Å². The van der Waals surface area contributed by atoms with Gasteiger partial charge in [-0.15, -0.1) is 0 Å². The Hall–Kier alpha value is -2.21. The first-order valence-corrected chi connectivity index (χ1v) is 14.3. The van der Waals surface area contributed by atoms with E-state index >= 15 is 0 Å². The van der Waals surface area contributed by atoms with Gasteiger partial charge in [0.05, 0.1) is 22.5 Å². The summed E-state index contributed by atoms with van der Waals surface area (Å²) >= 11 is 18.3. The largest absolute Gasteiger partial charge is 0.417 e. The zero-order valence-corrected chi connectivity index (χ0v) is 24.0. The van der Waals surface area contributed by atoms with Gasteiger partial charge in [0.25, 0.3) is 0 Å². The number of amides is 2. The molecule has 0 radical (unpaired) electrons. The molecule has 0 spiro atoms. The highest BCUT2D eigenvalue weighted by molar-refractivity contribution is 7.92. The molecule has 0 bridgehead atoms. The van der Waals surface area contributed by atoms with E-state index in [1.807, 2.05) is 0 Å². The molecule has 14 heteroatoms. The van der Waals surface area contributed by atoms with Crippen LogP contribution in [0.3, 0.4) is 0 Å². The molecule has 7 nitrogen and oxygen atoms in total. The van der Waals surface area contributed by atoms with Gasteiger partial charge < -0.3 is 10.2 Å². The number of hydrogen-bond acceptors (Lipinski definition) is 4. The van der Waals surface area contributed by atoms with Crippen LogP contribution in [0.2, 0.25) is 15.1 Å². The van der Waals surface area contributed by atoms with E-state index in [0.29, 0.717) is 15.9 Å². The SMILES string of the molecule is CCC(C(=O)NC(C)C)N(Cc1c(Cl)cccc1Cl)C(=O)CN(c1ccc(Cl)c(C(F)(F)F)c1)S(C)(=O)=O. The molecule has 0 aliphatic carbocycles. The summed E-state index contributed by atoms with van der Waals surface area (Å²) in [7, 11) is -4.26. The molecule has 1 atom stereocenters. The summed E-state index contributed by atoms with van der Waals surface area (Å²) in [6, 6.07) is 5.85. The first-order chi connectivity index (χ1) is 17.5. The van der Waals surface area contributed by atoms with Crippen LogP contribution in [0, 0.1) is 0 Å². The minimum Gasteiger partial charge on any atom is -0.352 e. The molecule has 0 saturated carbocycles. The molecule has 2 aromatic rings. The van der Waals surface area contributed by atoms with Gasteiger partial charge in [-0.25, -0.2) is 8.42 Å². The lowest BCUT2D eigenvalue weighted by atomic mass is 10.1. The predicted octanol–water partition coefficient (Wildman–Crippen LogP) is 5.76. The van der Waals surface area contributed by atoms with Gasteiger partial charge in [0, 0.05) is 28.2 Å². The number of rotatable bonds is 10. The summed E-state index contributed by atoms with van der Waals surface area (Å²) in [6.07, 6.45) is -3.97. The van der Waals surface area contributed by atoms with Crippen molar-refractivity contribution in [3.63, 3.8) is 0 Å². The normalized spacial score (nSPS) is 12.8. The van der Waals surface area contributed by atoms with Crippen molar-refractivity contribution in [2.75, 3.05) is 17.1 Å². The summed E-state index contributed by atoms with van der Waals surface area (Å²) in [5.41, 5.74) is -1.37. The molecular formula is C24H27Cl3F3N3O4S. The van der Waals surface area contributed by atoms with Crippen LogP contribution in [-0.4, -0.2) is 50.0 Å². The van der Waals surface area contributed by atoms with E-state index in [1.165, 1.54) is 12.1 Å². The standard InChI is InChI=1S/C24H27Cl3F3N3O4S/c1-5-21(23(35)31-14(2)3)32(12-16-18(25)7-6-8-19(16)26)22(34)13-33(38(4,36)37)15-9-10-20(27)17(11-15)24(28,29)30/h6-11,14,21H,5,12-13H2,1-4H3,(H,31,35). The molecule has 1 N–H and O–H groups in total. The number of carbonyl (C=O) groups is 2. The summed E-state index contributed by atoms with van der Waals surface area (Å²) in [5, 5.41) is 2.51. The van der Waals surface area contributed by atoms with Crippen LogP contribution >= 0.6 is 34.8 Å². The monoisotopic (exact) mass is 615 g/mol. The van der Waals surface area contributed by atoms with E-state index < -0.39 is 56.9 Å². The van der Waals surface area contributed by atoms with Crippen LogP contribution in [0.1, 0.15) is 38.3 Å². The maximum Gasteiger partial charge on any atom is 0.417 e. The quantitative estimate of drug-likeness (QED) is 0.368. The predicted molar refractivity (Wildman–Crippen MR) is 143 cm³/mol. The van der Waals surface area contributed by atoms with Gasteiger partial charge in [0.15, 0.2) is 0 Å². The van der Waals surface area contributed by atoms with Crippen molar-refractivity contribution in [1.29, 1.82) is 0 Å². The molecular weight excluding hydrogens is 590 g/mol. The van der Waals surface area contributed by atoms with Gasteiger partial charge >= 0.3 is 6.18 Å². The maximum absolute atomic E-state index is 13.6. The first kappa shape index (κ1) is 32.0. The summed E-state index contributed by atoms with van der Waals surface area (Å²) in [5.74, 6) is -1.36. The molecule has 1 unspecified atom stereocenters. The fraction of sp³-hybridized carbons (Fsp3) is 0.417. The van der Waals surface area contributed by atoms with Crippen molar-refractivity contribution < 1.29 is 31.2 Å². The average molecular weight is 617 g/mol. The maximum atomic E-state index is 13.6. The molecule has 38 heavy (non-hydrogen) atoms. The summed E-state index contributed by atoms with van der Waals surface area (Å²) in [6.45, 7) is 3.96. The van der Waals surface area contributed by atoms with E-state index in [2.05, 4.69) is 5.32 Å². The minimum absolute atomic E-state index is 0.143. The van der Waals surface area contributed by atoms with Crippen LogP contribution in [0.5, 0.6) is 0 Å². The number of hydrogen-bond donors (Lipinski definition) is 1. The van der Waals surface area contributed by atoms with Crippen molar-refractivity contribution in [2.24, 2.45) is 0 Å². The van der Waals surface area contributed by atoms with Gasteiger partial charge in [-0.3, -0.25) is 13.9 Å². The van der Waals surface area contributed by atoms with E-state index in [-0.39, 0.29) is 29.1 Å². The van der Waals surface area contributed by atoms with Crippen LogP contribution in [0.25, 0.3) is 0 Å². The molecule has 210 valence electrons. The van der Waals surface area contributed by atoms with Gasteiger partial charge in [-0.2, -0.15) is 13.2 Å². The molecule has 2 rings (SSSR count). The van der Waals surface area contributed by atoms with Crippen LogP contribution < -0.4 is 9.62 Å². The van der Waals surface area contributed by atoms with Crippen molar-refractivity contribution >= 4 is 62.3 Å². The lowest BCUT2D eigenvalue weighted by Crippen LogP contribution is -2.53. The molecule has 2 aromatic carbocycles. The second-order valence-corrected chi connectivity index (χ2v) is 11.9. The fourth-order valence-corrected chi connectivity index (χ4v) is 5.24. The molecule has 0 aromatic heterocycles. The third-order valence-corrected chi connectivity index (χ3v) is 7.61. The summed E-state index contributed by atoms with van der Waals surface area (Å²) in [4.78, 5) is 27.8. The number of carbonyl (C=O) groups excluding carboxylic acids is 2. The van der Waals surface area contributed by atoms with Crippen molar-refractivity contribution in [3.05, 3.63) is 62.6 Å². The van der Waals surface area contributed by atoms with Gasteiger partial charge in [0.2, 0.25) is 21.8 Å². The topological polar surface area (TPSA) is 86.8 Å². The zero-order valence-electron chi connectivity index (χ0n) is 20.9. The smallest absolute Gasteiger partial charge is 0.352 e. The third-order valence-electron chi connectivity index (χ3n) is 5.43. The van der Waals surface area contributed by atoms with E-state index in [9.17, 15) is 31.2 Å². The Morgan fingerprint density at radius 2 is 1.61 bits per heavy atom. The van der Waals surface area contributed by atoms with E-state index in [0.717, 1.165) is 23.3 Å². The number of nitrogens with zero attached hydrogens (tertiary/aromatic N) is 2. The van der Waals surface area contributed by atoms with Crippen molar-refractivity contribution in [1.82, 2.24) is 10.2 Å². The van der Waals surface area contributed by atoms with Crippen molar-refractivity contribution in [2.45, 2.75) is 52.0 Å². The number of benzene rings is 2.